The summed E-state index contributed by atoms with van der Waals surface area (Å²) in [7, 11) is 0. The van der Waals surface area contributed by atoms with Crippen molar-refractivity contribution in [3.63, 3.8) is 0 Å². The Bertz CT molecular complexity index is 601. The highest BCUT2D eigenvalue weighted by Gasteiger charge is 2.43. The summed E-state index contributed by atoms with van der Waals surface area (Å²) in [6, 6.07) is 4.08. The van der Waals surface area contributed by atoms with Gasteiger partial charge in [0, 0.05) is 12.1 Å². The first-order chi connectivity index (χ1) is 11.5. The Labute approximate surface area is 139 Å². The highest BCUT2D eigenvalue weighted by atomic mass is 19.3. The van der Waals surface area contributed by atoms with Gasteiger partial charge in [0.05, 0.1) is 0 Å². The molecule has 2 aliphatic rings. The Balaban J connectivity index is 1.50. The van der Waals surface area contributed by atoms with Crippen LogP contribution in [-0.2, 0) is 0 Å². The van der Waals surface area contributed by atoms with E-state index >= 15 is 0 Å². The molecule has 0 aliphatic carbocycles. The van der Waals surface area contributed by atoms with Crippen molar-refractivity contribution >= 4 is 5.91 Å². The molecule has 0 unspecified atom stereocenters. The molecule has 0 atom stereocenters. The van der Waals surface area contributed by atoms with Crippen LogP contribution in [0.4, 0.5) is 8.78 Å². The number of carbonyl (C=O) groups excluding carboxylic acids is 1. The Morgan fingerprint density at radius 3 is 2.71 bits per heavy atom. The summed E-state index contributed by atoms with van der Waals surface area (Å²) in [6.07, 6.45) is -0.379. The molecule has 0 radical (unpaired) electrons. The topological polar surface area (TPSA) is 50.8 Å². The van der Waals surface area contributed by atoms with Crippen LogP contribution in [0.3, 0.4) is 0 Å². The lowest BCUT2D eigenvalue weighted by atomic mass is 9.96. The van der Waals surface area contributed by atoms with Gasteiger partial charge in [-0.3, -0.25) is 4.79 Å². The summed E-state index contributed by atoms with van der Waals surface area (Å²) < 4.78 is 34.7. The smallest absolute Gasteiger partial charge is 0.395 e. The third kappa shape index (κ3) is 3.95. The van der Waals surface area contributed by atoms with Gasteiger partial charge in [0.25, 0.3) is 5.91 Å². The number of alkyl halides is 2. The third-order valence-corrected chi connectivity index (χ3v) is 4.46. The monoisotopic (exact) mass is 340 g/mol. The van der Waals surface area contributed by atoms with Crippen LogP contribution in [0.15, 0.2) is 18.2 Å². The molecule has 1 amide bonds. The molecule has 0 aromatic heterocycles. The first-order valence-corrected chi connectivity index (χ1v) is 8.37. The lowest BCUT2D eigenvalue weighted by Gasteiger charge is -2.31. The standard InChI is InChI=1S/C17H22F2N2O3/c1-2-7-21-8-5-12(6-9-21)11-20-16(22)13-3-4-14-15(10-13)24-17(18,19)23-14/h3-4,10,12H,2,5-9,11H2,1H3,(H,20,22). The first-order valence-electron chi connectivity index (χ1n) is 8.37. The van der Waals surface area contributed by atoms with Crippen LogP contribution >= 0.6 is 0 Å². The Kier molecular flexibility index (Phi) is 4.89. The Morgan fingerprint density at radius 2 is 2.00 bits per heavy atom. The van der Waals surface area contributed by atoms with Crippen LogP contribution in [0.25, 0.3) is 0 Å². The predicted octanol–water partition coefficient (Wildman–Crippen LogP) is 2.86. The number of halogens is 2. The maximum atomic E-state index is 13.0. The second-order valence-corrected chi connectivity index (χ2v) is 6.32. The quantitative estimate of drug-likeness (QED) is 0.895. The lowest BCUT2D eigenvalue weighted by molar-refractivity contribution is -0.286. The van der Waals surface area contributed by atoms with Gasteiger partial charge in [0.1, 0.15) is 0 Å². The molecule has 1 N–H and O–H groups in total. The van der Waals surface area contributed by atoms with Crippen LogP contribution in [0.1, 0.15) is 36.5 Å². The van der Waals surface area contributed by atoms with Gasteiger partial charge in [-0.1, -0.05) is 6.92 Å². The van der Waals surface area contributed by atoms with E-state index in [1.165, 1.54) is 18.2 Å². The summed E-state index contributed by atoms with van der Waals surface area (Å²) in [6.45, 7) is 6.03. The second-order valence-electron chi connectivity index (χ2n) is 6.32. The normalized spacial score (nSPS) is 20.1. The third-order valence-electron chi connectivity index (χ3n) is 4.46. The van der Waals surface area contributed by atoms with Gasteiger partial charge >= 0.3 is 6.29 Å². The van der Waals surface area contributed by atoms with Crippen LogP contribution in [-0.4, -0.2) is 43.3 Å². The number of hydrogen-bond acceptors (Lipinski definition) is 4. The van der Waals surface area contributed by atoms with Crippen LogP contribution < -0.4 is 14.8 Å². The van der Waals surface area contributed by atoms with Gasteiger partial charge in [-0.2, -0.15) is 0 Å². The van der Waals surface area contributed by atoms with E-state index in [1.54, 1.807) is 0 Å². The number of carbonyl (C=O) groups is 1. The molecular formula is C17H22F2N2O3. The number of amides is 1. The largest absolute Gasteiger partial charge is 0.586 e. The molecule has 0 bridgehead atoms. The van der Waals surface area contributed by atoms with Gasteiger partial charge in [0.2, 0.25) is 0 Å². The van der Waals surface area contributed by atoms with E-state index in [2.05, 4.69) is 26.6 Å². The van der Waals surface area contributed by atoms with Crippen molar-refractivity contribution in [2.24, 2.45) is 5.92 Å². The summed E-state index contributed by atoms with van der Waals surface area (Å²) >= 11 is 0. The number of piperidine rings is 1. The van der Waals surface area contributed by atoms with E-state index in [-0.39, 0.29) is 17.4 Å². The van der Waals surface area contributed by atoms with Crippen molar-refractivity contribution < 1.29 is 23.0 Å². The number of likely N-dealkylation sites (tertiary alicyclic amines) is 1. The van der Waals surface area contributed by atoms with Crippen molar-refractivity contribution in [1.29, 1.82) is 0 Å². The maximum Gasteiger partial charge on any atom is 0.586 e. The van der Waals surface area contributed by atoms with Gasteiger partial charge in [-0.25, -0.2) is 0 Å². The van der Waals surface area contributed by atoms with Crippen molar-refractivity contribution in [3.8, 4) is 11.5 Å². The molecule has 3 rings (SSSR count). The summed E-state index contributed by atoms with van der Waals surface area (Å²) in [5, 5.41) is 2.89. The van der Waals surface area contributed by atoms with E-state index in [1.807, 2.05) is 0 Å². The molecule has 24 heavy (non-hydrogen) atoms. The molecule has 2 aliphatic heterocycles. The average Bonchev–Trinajstić information content (AvgIpc) is 2.87. The van der Waals surface area contributed by atoms with Crippen LogP contribution in [0.2, 0.25) is 0 Å². The van der Waals surface area contributed by atoms with Crippen LogP contribution in [0.5, 0.6) is 11.5 Å². The Morgan fingerprint density at radius 1 is 1.29 bits per heavy atom. The minimum absolute atomic E-state index is 0.0557. The van der Waals surface area contributed by atoms with E-state index in [0.717, 1.165) is 38.9 Å². The van der Waals surface area contributed by atoms with E-state index < -0.39 is 6.29 Å². The fraction of sp³-hybridized carbons (Fsp3) is 0.588. The van der Waals surface area contributed by atoms with E-state index in [9.17, 15) is 13.6 Å². The van der Waals surface area contributed by atoms with Crippen molar-refractivity contribution in [1.82, 2.24) is 10.2 Å². The zero-order valence-corrected chi connectivity index (χ0v) is 13.7. The first kappa shape index (κ1) is 17.0. The number of nitrogens with zero attached hydrogens (tertiary/aromatic N) is 1. The average molecular weight is 340 g/mol. The fourth-order valence-corrected chi connectivity index (χ4v) is 3.16. The number of rotatable bonds is 5. The minimum atomic E-state index is -3.66. The predicted molar refractivity (Wildman–Crippen MR) is 84.4 cm³/mol. The molecule has 0 spiro atoms. The molecule has 7 heteroatoms. The number of benzene rings is 1. The minimum Gasteiger partial charge on any atom is -0.395 e. The fourth-order valence-electron chi connectivity index (χ4n) is 3.16. The zero-order chi connectivity index (χ0) is 17.2. The van der Waals surface area contributed by atoms with Crippen molar-refractivity contribution in [2.45, 2.75) is 32.5 Å². The number of fused-ring (bicyclic) bond motifs is 1. The van der Waals surface area contributed by atoms with Gasteiger partial charge in [0.15, 0.2) is 11.5 Å². The molecular weight excluding hydrogens is 318 g/mol. The van der Waals surface area contributed by atoms with Crippen LogP contribution in [0, 0.1) is 5.92 Å². The summed E-state index contributed by atoms with van der Waals surface area (Å²) in [5.74, 6) is 0.00775. The summed E-state index contributed by atoms with van der Waals surface area (Å²) in [4.78, 5) is 14.7. The molecule has 5 nitrogen and oxygen atoms in total. The molecule has 0 saturated carbocycles. The molecule has 2 heterocycles. The van der Waals surface area contributed by atoms with Gasteiger partial charge < -0.3 is 19.7 Å². The SMILES string of the molecule is CCCN1CCC(CNC(=O)c2ccc3c(c2)OC(F)(F)O3)CC1. The van der Waals surface area contributed by atoms with E-state index in [4.69, 9.17) is 0 Å². The molecule has 1 fully saturated rings. The molecule has 1 aromatic rings. The highest BCUT2D eigenvalue weighted by molar-refractivity contribution is 5.94. The number of ether oxygens (including phenoxy) is 2. The maximum absolute atomic E-state index is 13.0. The van der Waals surface area contributed by atoms with Gasteiger partial charge in [-0.05, 0) is 63.0 Å². The number of hydrogen-bond donors (Lipinski definition) is 1. The van der Waals surface area contributed by atoms with Gasteiger partial charge in [-0.15, -0.1) is 8.78 Å². The molecule has 132 valence electrons. The second kappa shape index (κ2) is 6.93. The number of nitrogens with one attached hydrogen (secondary N) is 1. The molecule has 1 saturated heterocycles. The summed E-state index contributed by atoms with van der Waals surface area (Å²) in [5.41, 5.74) is 0.290. The molecule has 1 aromatic carbocycles. The Hall–Kier alpha value is -1.89. The van der Waals surface area contributed by atoms with Crippen molar-refractivity contribution in [3.05, 3.63) is 23.8 Å². The van der Waals surface area contributed by atoms with Crippen molar-refractivity contribution in [2.75, 3.05) is 26.2 Å². The van der Waals surface area contributed by atoms with E-state index in [0.29, 0.717) is 18.0 Å². The highest BCUT2D eigenvalue weighted by Crippen LogP contribution is 2.41. The lowest BCUT2D eigenvalue weighted by Crippen LogP contribution is -2.38. The zero-order valence-electron chi connectivity index (χ0n) is 13.7.